The van der Waals surface area contributed by atoms with Crippen LogP contribution in [0.4, 0.5) is 0 Å². The quantitative estimate of drug-likeness (QED) is 0.874. The second kappa shape index (κ2) is 6.41. The number of rotatable bonds is 5. The van der Waals surface area contributed by atoms with Crippen LogP contribution >= 0.6 is 11.3 Å². The molecule has 1 spiro atoms. The van der Waals surface area contributed by atoms with E-state index in [4.69, 9.17) is 4.74 Å². The van der Waals surface area contributed by atoms with E-state index in [0.717, 1.165) is 38.6 Å². The zero-order valence-electron chi connectivity index (χ0n) is 14.6. The number of amides is 1. The average Bonchev–Trinajstić information content (AvgIpc) is 3.26. The molecule has 6 heteroatoms. The summed E-state index contributed by atoms with van der Waals surface area (Å²) in [5, 5.41) is 2.80. The number of hydrogen-bond donors (Lipinski definition) is 1. The third-order valence-corrected chi connectivity index (χ3v) is 6.40. The Morgan fingerprint density at radius 2 is 2.17 bits per heavy atom. The van der Waals surface area contributed by atoms with E-state index < -0.39 is 0 Å². The van der Waals surface area contributed by atoms with E-state index >= 15 is 0 Å². The maximum atomic E-state index is 12.2. The fraction of sp³-hybridized carbons (Fsp3) is 0.722. The summed E-state index contributed by atoms with van der Waals surface area (Å²) in [6.07, 6.45) is 2.63. The van der Waals surface area contributed by atoms with Gasteiger partial charge in [0.25, 0.3) is 0 Å². The number of morpholine rings is 1. The van der Waals surface area contributed by atoms with Crippen molar-refractivity contribution in [2.45, 2.75) is 38.0 Å². The molecule has 0 radical (unpaired) electrons. The number of nitrogens with one attached hydrogen (secondary N) is 1. The summed E-state index contributed by atoms with van der Waals surface area (Å²) in [6.45, 7) is 7.60. The highest BCUT2D eigenvalue weighted by atomic mass is 32.1. The Balaban J connectivity index is 1.36. The van der Waals surface area contributed by atoms with E-state index in [1.54, 1.807) is 7.05 Å². The first kappa shape index (κ1) is 16.5. The molecule has 132 valence electrons. The molecule has 24 heavy (non-hydrogen) atoms. The molecule has 3 aliphatic rings. The molecule has 1 unspecified atom stereocenters. The third kappa shape index (κ3) is 3.38. The highest BCUT2D eigenvalue weighted by Crippen LogP contribution is 2.36. The average molecular weight is 350 g/mol. The monoisotopic (exact) mass is 349 g/mol. The van der Waals surface area contributed by atoms with E-state index in [9.17, 15) is 4.79 Å². The molecule has 0 bridgehead atoms. The molecule has 5 nitrogen and oxygen atoms in total. The predicted octanol–water partition coefficient (Wildman–Crippen LogP) is 1.47. The smallest absolute Gasteiger partial charge is 0.239 e. The van der Waals surface area contributed by atoms with Crippen molar-refractivity contribution < 1.29 is 9.53 Å². The third-order valence-electron chi connectivity index (χ3n) is 5.42. The standard InChI is InChI=1S/C18H27N3O2S/c1-13-3-6-15(24-13)8-20-10-18(11-20)12-21(7-14-4-5-14)16(9-23-18)17(22)19-2/h3,6,14,16H,4-5,7-12H2,1-2H3,(H,19,22). The van der Waals surface area contributed by atoms with Gasteiger partial charge in [0.1, 0.15) is 11.6 Å². The van der Waals surface area contributed by atoms with E-state index in [0.29, 0.717) is 6.61 Å². The highest BCUT2D eigenvalue weighted by Gasteiger charge is 2.50. The van der Waals surface area contributed by atoms with Crippen molar-refractivity contribution in [1.29, 1.82) is 0 Å². The number of ether oxygens (including phenoxy) is 1. The molecule has 1 aromatic heterocycles. The van der Waals surface area contributed by atoms with Crippen LogP contribution in [0.25, 0.3) is 0 Å². The van der Waals surface area contributed by atoms with E-state index in [2.05, 4.69) is 34.2 Å². The second-order valence-electron chi connectivity index (χ2n) is 7.65. The number of thiophene rings is 1. The van der Waals surface area contributed by atoms with Crippen molar-refractivity contribution >= 4 is 17.2 Å². The fourth-order valence-corrected chi connectivity index (χ4v) is 4.91. The Kier molecular flexibility index (Phi) is 4.41. The van der Waals surface area contributed by atoms with Gasteiger partial charge in [0.15, 0.2) is 0 Å². The Labute approximate surface area is 148 Å². The number of nitrogens with zero attached hydrogens (tertiary/aromatic N) is 2. The SMILES string of the molecule is CNC(=O)C1COC2(CN(Cc3ccc(C)s3)C2)CN1CC1CC1. The molecule has 1 N–H and O–H groups in total. The van der Waals surface area contributed by atoms with Crippen LogP contribution in [-0.4, -0.2) is 67.2 Å². The first-order valence-electron chi connectivity index (χ1n) is 8.94. The largest absolute Gasteiger partial charge is 0.369 e. The lowest BCUT2D eigenvalue weighted by Crippen LogP contribution is -2.72. The molecule has 4 rings (SSSR count). The second-order valence-corrected chi connectivity index (χ2v) is 9.03. The van der Waals surface area contributed by atoms with E-state index in [-0.39, 0.29) is 17.6 Å². The van der Waals surface area contributed by atoms with Gasteiger partial charge < -0.3 is 10.1 Å². The van der Waals surface area contributed by atoms with Crippen molar-refractivity contribution in [3.8, 4) is 0 Å². The van der Waals surface area contributed by atoms with Crippen LogP contribution in [0.2, 0.25) is 0 Å². The van der Waals surface area contributed by atoms with Gasteiger partial charge in [0, 0.05) is 49.5 Å². The summed E-state index contributed by atoms with van der Waals surface area (Å²) in [5.41, 5.74) is -0.0638. The summed E-state index contributed by atoms with van der Waals surface area (Å²) in [6, 6.07) is 4.31. The molecule has 0 aromatic carbocycles. The van der Waals surface area contributed by atoms with Gasteiger partial charge in [-0.25, -0.2) is 0 Å². The number of hydrogen-bond acceptors (Lipinski definition) is 5. The zero-order chi connectivity index (χ0) is 16.7. The minimum atomic E-state index is -0.116. The van der Waals surface area contributed by atoms with Gasteiger partial charge in [-0.1, -0.05) is 0 Å². The molecule has 3 heterocycles. The number of carbonyl (C=O) groups is 1. The normalized spacial score (nSPS) is 27.2. The maximum absolute atomic E-state index is 12.2. The number of carbonyl (C=O) groups excluding carboxylic acids is 1. The molecule has 3 fully saturated rings. The van der Waals surface area contributed by atoms with Gasteiger partial charge in [0.2, 0.25) is 5.91 Å². The molecule has 1 aliphatic carbocycles. The summed E-state index contributed by atoms with van der Waals surface area (Å²) in [5.74, 6) is 0.883. The topological polar surface area (TPSA) is 44.8 Å². The Morgan fingerprint density at radius 3 is 2.79 bits per heavy atom. The van der Waals surface area contributed by atoms with Crippen LogP contribution in [0.5, 0.6) is 0 Å². The minimum Gasteiger partial charge on any atom is -0.369 e. The number of likely N-dealkylation sites (N-methyl/N-ethyl adjacent to an activating group) is 1. The zero-order valence-corrected chi connectivity index (χ0v) is 15.4. The lowest BCUT2D eigenvalue weighted by atomic mass is 9.90. The van der Waals surface area contributed by atoms with Crippen LogP contribution in [0.15, 0.2) is 12.1 Å². The molecule has 1 atom stereocenters. The Morgan fingerprint density at radius 1 is 1.38 bits per heavy atom. The molecule has 1 amide bonds. The first-order chi connectivity index (χ1) is 11.6. The highest BCUT2D eigenvalue weighted by molar-refractivity contribution is 7.11. The van der Waals surface area contributed by atoms with Gasteiger partial charge in [-0.15, -0.1) is 11.3 Å². The molecule has 1 saturated carbocycles. The van der Waals surface area contributed by atoms with Crippen molar-refractivity contribution in [1.82, 2.24) is 15.1 Å². The van der Waals surface area contributed by atoms with Crippen LogP contribution in [0.1, 0.15) is 22.6 Å². The van der Waals surface area contributed by atoms with Crippen molar-refractivity contribution in [2.24, 2.45) is 5.92 Å². The summed E-state index contributed by atoms with van der Waals surface area (Å²) in [4.78, 5) is 19.8. The molecule has 2 saturated heterocycles. The summed E-state index contributed by atoms with van der Waals surface area (Å²) >= 11 is 1.88. The first-order valence-corrected chi connectivity index (χ1v) is 9.76. The maximum Gasteiger partial charge on any atom is 0.239 e. The van der Waals surface area contributed by atoms with Crippen LogP contribution < -0.4 is 5.32 Å². The summed E-state index contributed by atoms with van der Waals surface area (Å²) in [7, 11) is 1.72. The Bertz CT molecular complexity index is 607. The van der Waals surface area contributed by atoms with Crippen molar-refractivity contribution in [3.63, 3.8) is 0 Å². The minimum absolute atomic E-state index is 0.0638. The van der Waals surface area contributed by atoms with Gasteiger partial charge in [0.05, 0.1) is 6.61 Å². The van der Waals surface area contributed by atoms with Gasteiger partial charge in [-0.05, 0) is 37.8 Å². The van der Waals surface area contributed by atoms with Crippen LogP contribution in [0.3, 0.4) is 0 Å². The van der Waals surface area contributed by atoms with Crippen molar-refractivity contribution in [3.05, 3.63) is 21.9 Å². The molecule has 2 aliphatic heterocycles. The molecular formula is C18H27N3O2S. The lowest BCUT2D eigenvalue weighted by molar-refractivity contribution is -0.202. The van der Waals surface area contributed by atoms with Gasteiger partial charge in [-0.3, -0.25) is 14.6 Å². The molecule has 1 aromatic rings. The lowest BCUT2D eigenvalue weighted by Gasteiger charge is -2.55. The van der Waals surface area contributed by atoms with Gasteiger partial charge >= 0.3 is 0 Å². The predicted molar refractivity (Wildman–Crippen MR) is 95.2 cm³/mol. The fourth-order valence-electron chi connectivity index (χ4n) is 3.98. The van der Waals surface area contributed by atoms with Crippen molar-refractivity contribution in [2.75, 3.05) is 39.8 Å². The van der Waals surface area contributed by atoms with E-state index in [1.165, 1.54) is 22.6 Å². The number of aryl methyl sites for hydroxylation is 1. The number of likely N-dealkylation sites (tertiary alicyclic amines) is 1. The van der Waals surface area contributed by atoms with Gasteiger partial charge in [-0.2, -0.15) is 0 Å². The van der Waals surface area contributed by atoms with Crippen LogP contribution in [-0.2, 0) is 16.1 Å². The summed E-state index contributed by atoms with van der Waals surface area (Å²) < 4.78 is 6.20. The molecular weight excluding hydrogens is 322 g/mol. The van der Waals surface area contributed by atoms with E-state index in [1.807, 2.05) is 11.3 Å². The Hall–Kier alpha value is -0.950. The van der Waals surface area contributed by atoms with Crippen LogP contribution in [0, 0.1) is 12.8 Å².